The van der Waals surface area contributed by atoms with Crippen LogP contribution in [-0.4, -0.2) is 186 Å². The standard InChI is InChI=1S/C14H22O3.C13H20O3.C12H23O6P.C10H17NO3.C6H10O.C4H8O2.2C4H8O.C4H9.C3H9OP.CH2O3.CO2.2K.Li.H/c1-11(14(16)17-2)7-9-13(15)10-8-12-5-3-4-6-12;1-10(13(15)16)6-8-12(14)9-7-11-4-2-3-5-11;1-5-17-19(15,18-6-2)9-11(13)8-7-10(3)12(14)16-4;1-7-5-6-8(12)11(7)9(13)14-10(2,3)4;7-5-6-3-1-2-4-6;5-4-2-1-3-6-4;2*1-2-4-5-3-1;1-3-4-2;1-5(2,3)4;2-1-4-3;2-1-3;;;;/h8,10-12H,3-7,9H2,1-2H3;7,9-11H,2-6,8H2,1H3,(H,15,16);10H,5-9H2,1-4H3;7H,5-6H2,1-4H3;5-6H,1-4H2;4-5H,1-3H2;2*1-4H2;1,3-4H2,2H3;1-3H3;1,3H;;;;;/q;;;;;;;;-1;;;;3*+1;-1/p-1/b10-8+;9-7+;;;;;;;;;;;;;;/t11-;2*10-;7-;;;;;;;;;;;;/m0001............/s1. The number of ether oxygens (including phenoxy) is 6. The van der Waals surface area contributed by atoms with E-state index >= 15 is 0 Å². The Bertz CT molecular complexity index is 2460. The number of nitrogens with zero attached hydrogens (tertiary/aromatic N) is 1. The van der Waals surface area contributed by atoms with Crippen molar-refractivity contribution in [2.24, 2.45) is 35.5 Å². The van der Waals surface area contributed by atoms with Gasteiger partial charge in [-0.05, 0) is 182 Å². The van der Waals surface area contributed by atoms with E-state index in [2.05, 4.69) is 28.2 Å². The molecule has 0 aromatic rings. The second-order valence-corrected chi connectivity index (χ2v) is 33.4. The number of unbranched alkanes of at least 4 members (excludes halogenated alkanes) is 1. The number of esters is 2. The fourth-order valence-corrected chi connectivity index (χ4v) is 11.4. The molecule has 0 spiro atoms. The third kappa shape index (κ3) is 82.4. The van der Waals surface area contributed by atoms with E-state index < -0.39 is 44.6 Å². The van der Waals surface area contributed by atoms with Gasteiger partial charge in [0, 0.05) is 77.1 Å². The summed E-state index contributed by atoms with van der Waals surface area (Å²) in [5.41, 5.74) is -0.542. The van der Waals surface area contributed by atoms with Gasteiger partial charge in [-0.2, -0.15) is 16.0 Å². The zero-order valence-electron chi connectivity index (χ0n) is 70.3. The van der Waals surface area contributed by atoms with E-state index in [1.165, 1.54) is 115 Å². The van der Waals surface area contributed by atoms with Crippen molar-refractivity contribution in [1.82, 2.24) is 4.90 Å². The van der Waals surface area contributed by atoms with Gasteiger partial charge < -0.3 is 75.5 Å². The number of hydrogen-bond acceptors (Lipinski definition) is 25. The molecule has 2 N–H and O–H groups in total. The molecular formula is C76H136K2LiNO26P2. The number of amides is 2. The number of aldehydes is 1. The molecule has 108 heavy (non-hydrogen) atoms. The minimum atomic E-state index is -3.33. The molecule has 0 radical (unpaired) electrons. The molecule has 0 aromatic heterocycles. The van der Waals surface area contributed by atoms with E-state index in [1.807, 2.05) is 19.1 Å². The van der Waals surface area contributed by atoms with Gasteiger partial charge in [-0.15, -0.1) is 0 Å². The van der Waals surface area contributed by atoms with Crippen LogP contribution in [0.25, 0.3) is 0 Å². The topological polar surface area (TPSA) is 389 Å². The summed E-state index contributed by atoms with van der Waals surface area (Å²) >= 11 is 0. The molecule has 7 aliphatic rings. The van der Waals surface area contributed by atoms with E-state index in [9.17, 15) is 52.3 Å². The van der Waals surface area contributed by atoms with Crippen LogP contribution in [0.2, 0.25) is 0 Å². The summed E-state index contributed by atoms with van der Waals surface area (Å²) in [6.45, 7) is 31.7. The Labute approximate surface area is 745 Å². The molecule has 3 saturated carbocycles. The van der Waals surface area contributed by atoms with Gasteiger partial charge in [-0.25, -0.2) is 9.69 Å². The number of hydrogen-bond donors (Lipinski definition) is 2. The molecule has 4 heterocycles. The Morgan fingerprint density at radius 3 is 1.26 bits per heavy atom. The molecule has 0 aromatic carbocycles. The summed E-state index contributed by atoms with van der Waals surface area (Å²) in [4.78, 5) is 129. The van der Waals surface area contributed by atoms with Crippen LogP contribution in [0.3, 0.4) is 0 Å². The predicted molar refractivity (Wildman–Crippen MR) is 400 cm³/mol. The zero-order chi connectivity index (χ0) is 81.1. The molecule has 7 fully saturated rings. The number of methoxy groups -OCH3 is 2. The fraction of sp³-hybridized carbons (Fsp3) is 0.789. The number of carboxylic acids is 1. The van der Waals surface area contributed by atoms with Crippen LogP contribution in [0.1, 0.15) is 250 Å². The average Bonchev–Trinajstić information content (AvgIpc) is 1.72. The number of aliphatic carboxylic acids is 1. The Morgan fingerprint density at radius 1 is 0.657 bits per heavy atom. The maximum Gasteiger partial charge on any atom is 1.00 e. The third-order valence-electron chi connectivity index (χ3n) is 15.7. The van der Waals surface area contributed by atoms with E-state index in [1.54, 1.807) is 87.5 Å². The monoisotopic (exact) mass is 1630 g/mol. The molecule has 1 unspecified atom stereocenters. The molecule has 2 amide bonds. The number of aliphatic hydroxyl groups is 1. The number of rotatable bonds is 25. The van der Waals surface area contributed by atoms with Crippen molar-refractivity contribution < 1.29 is 248 Å². The quantitative estimate of drug-likeness (QED) is 0.0140. The van der Waals surface area contributed by atoms with Crippen LogP contribution in [0.4, 0.5) is 4.79 Å². The molecule has 27 nitrogen and oxygen atoms in total. The smallest absolute Gasteiger partial charge is 1.00 e. The van der Waals surface area contributed by atoms with Crippen LogP contribution in [0.15, 0.2) is 24.3 Å². The van der Waals surface area contributed by atoms with Gasteiger partial charge in [0.2, 0.25) is 5.91 Å². The first-order valence-corrected chi connectivity index (χ1v) is 42.0. The van der Waals surface area contributed by atoms with Gasteiger partial charge in [-0.3, -0.25) is 42.9 Å². The van der Waals surface area contributed by atoms with Crippen LogP contribution in [0, 0.1) is 42.4 Å². The number of carboxylic acid groups (broad SMARTS) is 1. The third-order valence-corrected chi connectivity index (χ3v) is 17.7. The van der Waals surface area contributed by atoms with Gasteiger partial charge in [0.25, 0.3) is 6.47 Å². The molecule has 4 aliphatic heterocycles. The van der Waals surface area contributed by atoms with Crippen molar-refractivity contribution >= 4 is 80.9 Å². The van der Waals surface area contributed by atoms with Crippen LogP contribution < -0.4 is 127 Å². The zero-order valence-corrected chi connectivity index (χ0v) is 77.3. The largest absolute Gasteiger partial charge is 1.00 e. The molecule has 32 heteroatoms. The number of Topliss-reactive ketones (excluding diaryl/α,β-unsaturated/α-hetero) is 1. The summed E-state index contributed by atoms with van der Waals surface area (Å²) in [5, 5.41) is 25.6. The molecule has 0 bridgehead atoms. The van der Waals surface area contributed by atoms with Crippen molar-refractivity contribution in [2.45, 2.75) is 267 Å². The Kier molecular flexibility index (Phi) is 91.1. The van der Waals surface area contributed by atoms with Gasteiger partial charge in [-0.1, -0.05) is 84.8 Å². The maximum absolute atomic E-state index is 12.1. The number of allylic oxidation sites excluding steroid dienone is 4. The van der Waals surface area contributed by atoms with Gasteiger partial charge in [0.1, 0.15) is 23.8 Å². The van der Waals surface area contributed by atoms with Crippen molar-refractivity contribution in [3.05, 3.63) is 31.2 Å². The summed E-state index contributed by atoms with van der Waals surface area (Å²) in [6.07, 6.45) is 34.9. The SMILES string of the molecule is C1CCOC1.C1CCOC1.CCOP(=O)(CC(=O)CC[C@H](C)C(=O)OC)OCC.COC(=O)[C@@H](C)CCC(=O)/C=C/C1CCCC1.CP(C)(C)=O.C[C@@H](CCC(=O)/C=C/C1CCCC1)C(=O)O.C[C@@H]1CCC(=O)N1C(=O)OC(C)(C)C.O=C=O.O=CC1CCCC1.O=CO[O-].OC1CCCO1.[CH2-]CCC.[H-].[K+].[K+].[Li+]. The second kappa shape index (κ2) is 80.6. The summed E-state index contributed by atoms with van der Waals surface area (Å²) < 4.78 is 61.3. The van der Waals surface area contributed by atoms with Gasteiger partial charge in [0.15, 0.2) is 17.9 Å². The summed E-state index contributed by atoms with van der Waals surface area (Å²) in [7, 11) is -2.29. The van der Waals surface area contributed by atoms with E-state index in [0.29, 0.717) is 56.3 Å². The first-order chi connectivity index (χ1) is 49.5. The minimum Gasteiger partial charge on any atom is -1.00 e. The normalized spacial score (nSPS) is 17.7. The maximum atomic E-state index is 12.1. The molecule has 3 aliphatic carbocycles. The molecule has 4 saturated heterocycles. The Hall–Kier alpha value is -1.59. The number of imide groups is 1. The predicted octanol–water partition coefficient (Wildman–Crippen LogP) is 4.96. The first kappa shape index (κ1) is 122. The van der Waals surface area contributed by atoms with Crippen LogP contribution in [0.5, 0.6) is 0 Å². The second-order valence-electron chi connectivity index (χ2n) is 27.5. The van der Waals surface area contributed by atoms with E-state index in [0.717, 1.165) is 77.8 Å². The molecular weight excluding hydrogens is 1490 g/mol. The summed E-state index contributed by atoms with van der Waals surface area (Å²) in [5.74, 6) is -1.01. The number of carbonyl (C=O) groups is 10. The van der Waals surface area contributed by atoms with Crippen molar-refractivity contribution in [2.75, 3.05) is 86.6 Å². The van der Waals surface area contributed by atoms with Crippen LogP contribution >= 0.6 is 14.7 Å². The van der Waals surface area contributed by atoms with Gasteiger partial charge >= 0.3 is 159 Å². The molecule has 614 valence electrons. The molecule has 7 rings (SSSR count). The summed E-state index contributed by atoms with van der Waals surface area (Å²) in [6, 6.07) is -0.0302. The Balaban J connectivity index is -0.000000149. The number of carbonyl (C=O) groups excluding carboxylic acids is 11. The van der Waals surface area contributed by atoms with Crippen molar-refractivity contribution in [3.8, 4) is 0 Å². The van der Waals surface area contributed by atoms with Crippen LogP contribution in [-0.2, 0) is 104 Å². The first-order valence-electron chi connectivity index (χ1n) is 37.2. The Morgan fingerprint density at radius 2 is 1.02 bits per heavy atom. The number of aliphatic hydroxyl groups excluding tert-OH is 1. The van der Waals surface area contributed by atoms with Gasteiger partial charge in [0.05, 0.1) is 52.3 Å². The van der Waals surface area contributed by atoms with Crippen molar-refractivity contribution in [1.29, 1.82) is 0 Å². The fourth-order valence-electron chi connectivity index (χ4n) is 9.72. The number of ketones is 3. The molecule has 5 atom stereocenters. The minimum absolute atomic E-state index is 0. The van der Waals surface area contributed by atoms with Crippen molar-refractivity contribution in [3.63, 3.8) is 0 Å². The number of likely N-dealkylation sites (tertiary alicyclic amines) is 1. The van der Waals surface area contributed by atoms with E-state index in [-0.39, 0.29) is 215 Å². The average molecular weight is 1630 g/mol. The van der Waals surface area contributed by atoms with E-state index in [4.69, 9.17) is 57.8 Å².